The molecule has 1 fully saturated rings. The second-order valence-electron chi connectivity index (χ2n) is 9.53. The van der Waals surface area contributed by atoms with Gasteiger partial charge in [0, 0.05) is 54.2 Å². The number of nitrogens with zero attached hydrogens (tertiary/aromatic N) is 2. The molecule has 36 heavy (non-hydrogen) atoms. The molecule has 2 heterocycles. The van der Waals surface area contributed by atoms with Crippen molar-refractivity contribution < 1.29 is 9.53 Å². The molecule has 4 aromatic rings. The summed E-state index contributed by atoms with van der Waals surface area (Å²) in [6.07, 6.45) is 6.22. The lowest BCUT2D eigenvalue weighted by Crippen LogP contribution is -2.42. The number of anilines is 2. The number of hydrogen-bond donors (Lipinski definition) is 2. The van der Waals surface area contributed by atoms with Crippen LogP contribution in [-0.4, -0.2) is 29.6 Å². The number of aromatic nitrogens is 1. The van der Waals surface area contributed by atoms with E-state index in [1.165, 1.54) is 5.56 Å². The molecule has 184 valence electrons. The molecule has 1 aliphatic heterocycles. The summed E-state index contributed by atoms with van der Waals surface area (Å²) in [6.45, 7) is 5.80. The van der Waals surface area contributed by atoms with Crippen LogP contribution >= 0.6 is 0 Å². The summed E-state index contributed by atoms with van der Waals surface area (Å²) in [5, 5.41) is 3.11. The molecule has 1 aromatic heterocycles. The predicted molar refractivity (Wildman–Crippen MR) is 146 cm³/mol. The van der Waals surface area contributed by atoms with Gasteiger partial charge >= 0.3 is 0 Å². The van der Waals surface area contributed by atoms with Crippen LogP contribution in [-0.2, 0) is 0 Å². The molecule has 3 aromatic carbocycles. The highest BCUT2D eigenvalue weighted by atomic mass is 16.5. The Bertz CT molecular complexity index is 1360. The van der Waals surface area contributed by atoms with Crippen LogP contribution in [0.25, 0.3) is 5.69 Å². The number of carbonyl (C=O) groups is 1. The Morgan fingerprint density at radius 2 is 1.81 bits per heavy atom. The zero-order chi connectivity index (χ0) is 25.1. The van der Waals surface area contributed by atoms with Crippen LogP contribution < -0.4 is 20.7 Å². The Balaban J connectivity index is 1.43. The molecule has 5 rings (SSSR count). The van der Waals surface area contributed by atoms with E-state index in [0.717, 1.165) is 54.3 Å². The first-order valence-electron chi connectivity index (χ1n) is 12.4. The highest BCUT2D eigenvalue weighted by Gasteiger charge is 2.19. The minimum Gasteiger partial charge on any atom is -0.457 e. The third kappa shape index (κ3) is 5.44. The number of ether oxygens (including phenoxy) is 1. The highest BCUT2D eigenvalue weighted by Crippen LogP contribution is 2.29. The zero-order valence-electron chi connectivity index (χ0n) is 20.8. The average molecular weight is 481 g/mol. The maximum atomic E-state index is 13.3. The molecule has 0 unspecified atom stereocenters. The fourth-order valence-electron chi connectivity index (χ4n) is 4.58. The second kappa shape index (κ2) is 10.3. The number of rotatable bonds is 6. The summed E-state index contributed by atoms with van der Waals surface area (Å²) in [6, 6.07) is 23.5. The van der Waals surface area contributed by atoms with Crippen LogP contribution in [0.15, 0.2) is 85.2 Å². The largest absolute Gasteiger partial charge is 0.457 e. The Hall–Kier alpha value is -4.03. The van der Waals surface area contributed by atoms with Crippen molar-refractivity contribution in [2.45, 2.75) is 32.7 Å². The molecular weight excluding hydrogens is 448 g/mol. The number of piperidine rings is 1. The van der Waals surface area contributed by atoms with Crippen LogP contribution in [0.3, 0.4) is 0 Å². The minimum atomic E-state index is -0.185. The van der Waals surface area contributed by atoms with Crippen molar-refractivity contribution >= 4 is 17.3 Å². The van der Waals surface area contributed by atoms with E-state index in [2.05, 4.69) is 40.0 Å². The number of amides is 1. The van der Waals surface area contributed by atoms with Gasteiger partial charge in [-0.15, -0.1) is 0 Å². The van der Waals surface area contributed by atoms with Crippen molar-refractivity contribution in [3.05, 3.63) is 102 Å². The zero-order valence-corrected chi connectivity index (χ0v) is 20.8. The van der Waals surface area contributed by atoms with Gasteiger partial charge in [0.2, 0.25) is 0 Å². The summed E-state index contributed by atoms with van der Waals surface area (Å²) in [5.41, 5.74) is 11.7. The van der Waals surface area contributed by atoms with Crippen LogP contribution in [0.1, 0.15) is 34.3 Å². The molecule has 0 spiro atoms. The van der Waals surface area contributed by atoms with Gasteiger partial charge in [-0.05, 0) is 86.3 Å². The Labute approximate surface area is 212 Å². The van der Waals surface area contributed by atoms with Gasteiger partial charge in [0.15, 0.2) is 0 Å². The van der Waals surface area contributed by atoms with E-state index in [1.54, 1.807) is 6.07 Å². The number of benzene rings is 3. The number of nitrogens with two attached hydrogens (primary N) is 1. The van der Waals surface area contributed by atoms with E-state index < -0.39 is 0 Å². The normalized spacial score (nSPS) is 15.5. The minimum absolute atomic E-state index is 0.157. The van der Waals surface area contributed by atoms with Gasteiger partial charge in [0.25, 0.3) is 5.91 Å². The van der Waals surface area contributed by atoms with Gasteiger partial charge in [-0.2, -0.15) is 0 Å². The van der Waals surface area contributed by atoms with Gasteiger partial charge in [-0.25, -0.2) is 0 Å². The molecule has 0 saturated carbocycles. The summed E-state index contributed by atoms with van der Waals surface area (Å²) in [5.74, 6) is 1.21. The van der Waals surface area contributed by atoms with Gasteiger partial charge < -0.3 is 25.3 Å². The van der Waals surface area contributed by atoms with Crippen LogP contribution in [0.5, 0.6) is 11.5 Å². The molecular formula is C30H32N4O2. The Kier molecular flexibility index (Phi) is 6.78. The van der Waals surface area contributed by atoms with Crippen molar-refractivity contribution in [1.29, 1.82) is 0 Å². The first kappa shape index (κ1) is 23.7. The van der Waals surface area contributed by atoms with E-state index in [1.807, 2.05) is 67.7 Å². The quantitative estimate of drug-likeness (QED) is 0.352. The maximum absolute atomic E-state index is 13.3. The van der Waals surface area contributed by atoms with Crippen molar-refractivity contribution in [3.63, 3.8) is 0 Å². The van der Waals surface area contributed by atoms with Crippen LogP contribution in [0.2, 0.25) is 0 Å². The summed E-state index contributed by atoms with van der Waals surface area (Å²) >= 11 is 0. The van der Waals surface area contributed by atoms with Crippen molar-refractivity contribution in [2.75, 3.05) is 23.3 Å². The fourth-order valence-corrected chi connectivity index (χ4v) is 4.58. The number of para-hydroxylation sites is 1. The smallest absolute Gasteiger partial charge is 0.255 e. The summed E-state index contributed by atoms with van der Waals surface area (Å²) < 4.78 is 8.12. The number of hydrogen-bond acceptors (Lipinski definition) is 4. The lowest BCUT2D eigenvalue weighted by atomic mass is 10.1. The first-order chi connectivity index (χ1) is 17.4. The molecule has 1 aliphatic rings. The molecule has 0 aliphatic carbocycles. The third-order valence-corrected chi connectivity index (χ3v) is 6.54. The number of nitrogens with one attached hydrogen (secondary N) is 1. The van der Waals surface area contributed by atoms with Gasteiger partial charge in [0.1, 0.15) is 11.5 Å². The Morgan fingerprint density at radius 3 is 2.56 bits per heavy atom. The molecule has 1 atom stereocenters. The van der Waals surface area contributed by atoms with Gasteiger partial charge in [-0.1, -0.05) is 24.3 Å². The van der Waals surface area contributed by atoms with E-state index in [9.17, 15) is 4.79 Å². The third-order valence-electron chi connectivity index (χ3n) is 6.54. The lowest BCUT2D eigenvalue weighted by Gasteiger charge is -2.33. The fraction of sp³-hybridized carbons (Fsp3) is 0.233. The predicted octanol–water partition coefficient (Wildman–Crippen LogP) is 6.07. The van der Waals surface area contributed by atoms with Crippen molar-refractivity contribution in [2.24, 2.45) is 5.73 Å². The molecule has 6 nitrogen and oxygen atoms in total. The molecule has 1 amide bonds. The summed E-state index contributed by atoms with van der Waals surface area (Å²) in [7, 11) is 0. The first-order valence-corrected chi connectivity index (χ1v) is 12.4. The average Bonchev–Trinajstić information content (AvgIpc) is 3.32. The van der Waals surface area contributed by atoms with Gasteiger partial charge in [0.05, 0.1) is 0 Å². The number of carbonyl (C=O) groups excluding carboxylic acids is 1. The molecule has 1 saturated heterocycles. The van der Waals surface area contributed by atoms with E-state index in [-0.39, 0.29) is 11.9 Å². The van der Waals surface area contributed by atoms with Crippen molar-refractivity contribution in [3.8, 4) is 17.2 Å². The second-order valence-corrected chi connectivity index (χ2v) is 9.53. The maximum Gasteiger partial charge on any atom is 0.255 e. The monoisotopic (exact) mass is 480 g/mol. The number of aryl methyl sites for hydroxylation is 2. The highest BCUT2D eigenvalue weighted by molar-refractivity contribution is 6.05. The van der Waals surface area contributed by atoms with Crippen LogP contribution in [0, 0.1) is 13.8 Å². The van der Waals surface area contributed by atoms with Crippen LogP contribution in [0.4, 0.5) is 11.4 Å². The molecule has 6 heteroatoms. The van der Waals surface area contributed by atoms with E-state index in [0.29, 0.717) is 11.3 Å². The molecule has 3 N–H and O–H groups in total. The topological polar surface area (TPSA) is 72.5 Å². The SMILES string of the molecule is Cc1ccn(-c2cc(NC(=O)c3ccc(C)c(Oc4ccccc4)c3)cc(N3CCC[C@H](N)C3)c2)c1. The van der Waals surface area contributed by atoms with E-state index in [4.69, 9.17) is 10.5 Å². The van der Waals surface area contributed by atoms with E-state index >= 15 is 0 Å². The van der Waals surface area contributed by atoms with Crippen molar-refractivity contribution in [1.82, 2.24) is 4.57 Å². The summed E-state index contributed by atoms with van der Waals surface area (Å²) in [4.78, 5) is 15.6. The van der Waals surface area contributed by atoms with Gasteiger partial charge in [-0.3, -0.25) is 4.79 Å². The molecule has 0 bridgehead atoms. The standard InChI is InChI=1S/C30H32N4O2/c1-21-12-14-34(19-21)27-17-25(16-26(18-27)33-13-6-7-24(31)20-33)32-30(35)23-11-10-22(2)29(15-23)36-28-8-4-3-5-9-28/h3-5,8-12,14-19,24H,6-7,13,20,31H2,1-2H3,(H,32,35)/t24-/m0/s1. The molecule has 0 radical (unpaired) electrons. The Morgan fingerprint density at radius 1 is 1.00 bits per heavy atom. The lowest BCUT2D eigenvalue weighted by molar-refractivity contribution is 0.102.